The summed E-state index contributed by atoms with van der Waals surface area (Å²) in [5, 5.41) is 12.7. The van der Waals surface area contributed by atoms with Gasteiger partial charge in [0, 0.05) is 18.7 Å². The second-order valence-corrected chi connectivity index (χ2v) is 7.30. The van der Waals surface area contributed by atoms with Crippen LogP contribution in [-0.2, 0) is 4.79 Å². The molecule has 2 aliphatic rings. The highest BCUT2D eigenvalue weighted by Crippen LogP contribution is 2.39. The maximum absolute atomic E-state index is 12.6. The van der Waals surface area contributed by atoms with E-state index >= 15 is 0 Å². The molecule has 2 atom stereocenters. The van der Waals surface area contributed by atoms with Crippen molar-refractivity contribution in [1.29, 1.82) is 0 Å². The quantitative estimate of drug-likeness (QED) is 0.865. The van der Waals surface area contributed by atoms with Crippen LogP contribution >= 0.6 is 0 Å². The summed E-state index contributed by atoms with van der Waals surface area (Å²) in [6.07, 6.45) is 3.73. The number of carbonyl (C=O) groups is 2. The molecule has 2 N–H and O–H groups in total. The molecule has 2 unspecified atom stereocenters. The Hall–Kier alpha value is -1.88. The van der Waals surface area contributed by atoms with E-state index in [1.54, 1.807) is 4.90 Å². The largest absolute Gasteiger partial charge is 0.394 e. The molecule has 24 heavy (non-hydrogen) atoms. The monoisotopic (exact) mass is 330 g/mol. The standard InChI is InChI=1S/C19H26N2O3/c1-19(13-22,16-9-10-16)20-17(23)15-8-5-11-21(12-15)18(24)14-6-3-2-4-7-14/h2-4,6-7,15-16,22H,5,8-13H2,1H3,(H,20,23). The van der Waals surface area contributed by atoms with Crippen molar-refractivity contribution in [3.8, 4) is 0 Å². The van der Waals surface area contributed by atoms with E-state index in [9.17, 15) is 14.7 Å². The van der Waals surface area contributed by atoms with E-state index in [0.717, 1.165) is 25.7 Å². The number of likely N-dealkylation sites (tertiary alicyclic amines) is 1. The summed E-state index contributed by atoms with van der Waals surface area (Å²) in [4.78, 5) is 27.0. The minimum Gasteiger partial charge on any atom is -0.394 e. The Morgan fingerprint density at radius 2 is 1.96 bits per heavy atom. The van der Waals surface area contributed by atoms with Crippen LogP contribution in [0.3, 0.4) is 0 Å². The molecule has 1 aliphatic heterocycles. The smallest absolute Gasteiger partial charge is 0.253 e. The van der Waals surface area contributed by atoms with Crippen LogP contribution in [0, 0.1) is 11.8 Å². The van der Waals surface area contributed by atoms with Crippen molar-refractivity contribution in [3.63, 3.8) is 0 Å². The normalized spacial score (nSPS) is 23.4. The van der Waals surface area contributed by atoms with Crippen molar-refractivity contribution in [2.24, 2.45) is 11.8 Å². The Morgan fingerprint density at radius 3 is 2.58 bits per heavy atom. The van der Waals surface area contributed by atoms with E-state index in [4.69, 9.17) is 0 Å². The van der Waals surface area contributed by atoms with Crippen LogP contribution in [0.25, 0.3) is 0 Å². The summed E-state index contributed by atoms with van der Waals surface area (Å²) in [6, 6.07) is 9.20. The minimum atomic E-state index is -0.525. The molecule has 5 nitrogen and oxygen atoms in total. The van der Waals surface area contributed by atoms with Crippen LogP contribution in [-0.4, -0.2) is 47.1 Å². The molecule has 1 saturated heterocycles. The van der Waals surface area contributed by atoms with Crippen LogP contribution in [0.4, 0.5) is 0 Å². The molecule has 2 amide bonds. The van der Waals surface area contributed by atoms with Gasteiger partial charge in [-0.15, -0.1) is 0 Å². The average molecular weight is 330 g/mol. The van der Waals surface area contributed by atoms with E-state index in [1.807, 2.05) is 37.3 Å². The van der Waals surface area contributed by atoms with E-state index in [1.165, 1.54) is 0 Å². The molecule has 0 aromatic heterocycles. The molecule has 1 aromatic rings. The first kappa shape index (κ1) is 17.0. The van der Waals surface area contributed by atoms with Gasteiger partial charge in [-0.3, -0.25) is 9.59 Å². The highest BCUT2D eigenvalue weighted by molar-refractivity contribution is 5.94. The van der Waals surface area contributed by atoms with Gasteiger partial charge >= 0.3 is 0 Å². The van der Waals surface area contributed by atoms with E-state index < -0.39 is 5.54 Å². The van der Waals surface area contributed by atoms with Crippen LogP contribution in [0.15, 0.2) is 30.3 Å². The van der Waals surface area contributed by atoms with Gasteiger partial charge in [0.1, 0.15) is 0 Å². The van der Waals surface area contributed by atoms with Gasteiger partial charge in [0.25, 0.3) is 5.91 Å². The van der Waals surface area contributed by atoms with Gasteiger partial charge < -0.3 is 15.3 Å². The van der Waals surface area contributed by atoms with Gasteiger partial charge in [0.2, 0.25) is 5.91 Å². The fourth-order valence-corrected chi connectivity index (χ4v) is 3.51. The van der Waals surface area contributed by atoms with Crippen molar-refractivity contribution < 1.29 is 14.7 Å². The third kappa shape index (κ3) is 3.61. The van der Waals surface area contributed by atoms with Gasteiger partial charge in [-0.05, 0) is 50.7 Å². The van der Waals surface area contributed by atoms with Crippen LogP contribution in [0.5, 0.6) is 0 Å². The lowest BCUT2D eigenvalue weighted by atomic mass is 9.92. The van der Waals surface area contributed by atoms with Gasteiger partial charge in [-0.2, -0.15) is 0 Å². The highest BCUT2D eigenvalue weighted by Gasteiger charge is 2.43. The molecule has 1 heterocycles. The molecular formula is C19H26N2O3. The van der Waals surface area contributed by atoms with Crippen LogP contribution in [0.1, 0.15) is 43.0 Å². The molecule has 5 heteroatoms. The lowest BCUT2D eigenvalue weighted by Crippen LogP contribution is -2.55. The maximum atomic E-state index is 12.6. The number of nitrogens with zero attached hydrogens (tertiary/aromatic N) is 1. The van der Waals surface area contributed by atoms with Gasteiger partial charge in [0.15, 0.2) is 0 Å². The second kappa shape index (κ2) is 6.93. The number of carbonyl (C=O) groups excluding carboxylic acids is 2. The number of rotatable bonds is 5. The highest BCUT2D eigenvalue weighted by atomic mass is 16.3. The molecule has 0 radical (unpaired) electrons. The minimum absolute atomic E-state index is 0.0137. The Bertz CT molecular complexity index is 600. The van der Waals surface area contributed by atoms with E-state index in [-0.39, 0.29) is 24.3 Å². The predicted molar refractivity (Wildman–Crippen MR) is 91.4 cm³/mol. The summed E-state index contributed by atoms with van der Waals surface area (Å²) in [6.45, 7) is 3.02. The molecule has 1 saturated carbocycles. The van der Waals surface area contributed by atoms with E-state index in [0.29, 0.717) is 24.6 Å². The van der Waals surface area contributed by atoms with Gasteiger partial charge in [-0.25, -0.2) is 0 Å². The number of nitrogens with one attached hydrogen (secondary N) is 1. The number of aliphatic hydroxyl groups excluding tert-OH is 1. The lowest BCUT2D eigenvalue weighted by molar-refractivity contribution is -0.129. The predicted octanol–water partition coefficient (Wildman–Crippen LogP) is 1.82. The zero-order valence-corrected chi connectivity index (χ0v) is 14.2. The lowest BCUT2D eigenvalue weighted by Gasteiger charge is -2.35. The fourth-order valence-electron chi connectivity index (χ4n) is 3.51. The second-order valence-electron chi connectivity index (χ2n) is 7.30. The molecule has 1 aliphatic carbocycles. The first-order chi connectivity index (χ1) is 11.5. The number of aliphatic hydroxyl groups is 1. The molecule has 0 bridgehead atoms. The zero-order valence-electron chi connectivity index (χ0n) is 14.2. The fraction of sp³-hybridized carbons (Fsp3) is 0.579. The van der Waals surface area contributed by atoms with Crippen molar-refractivity contribution in [2.75, 3.05) is 19.7 Å². The van der Waals surface area contributed by atoms with Gasteiger partial charge in [0.05, 0.1) is 18.1 Å². The third-order valence-electron chi connectivity index (χ3n) is 5.32. The summed E-state index contributed by atoms with van der Waals surface area (Å²) >= 11 is 0. The summed E-state index contributed by atoms with van der Waals surface area (Å²) in [5.74, 6) is 0.123. The molecule has 130 valence electrons. The summed E-state index contributed by atoms with van der Waals surface area (Å²) in [5.41, 5.74) is 0.139. The van der Waals surface area contributed by atoms with Crippen molar-refractivity contribution in [3.05, 3.63) is 35.9 Å². The van der Waals surface area contributed by atoms with Crippen molar-refractivity contribution in [2.45, 2.75) is 38.1 Å². The first-order valence-corrected chi connectivity index (χ1v) is 8.81. The first-order valence-electron chi connectivity index (χ1n) is 8.81. The Balaban J connectivity index is 1.62. The maximum Gasteiger partial charge on any atom is 0.253 e. The Labute approximate surface area is 143 Å². The van der Waals surface area contributed by atoms with Gasteiger partial charge in [-0.1, -0.05) is 18.2 Å². The zero-order chi connectivity index (χ0) is 17.2. The Morgan fingerprint density at radius 1 is 1.25 bits per heavy atom. The molecule has 2 fully saturated rings. The number of hydrogen-bond acceptors (Lipinski definition) is 3. The molecule has 0 spiro atoms. The SMILES string of the molecule is CC(CO)(NC(=O)C1CCCN(C(=O)c2ccccc2)C1)C1CC1. The van der Waals surface area contributed by atoms with Crippen LogP contribution < -0.4 is 5.32 Å². The summed E-state index contributed by atoms with van der Waals surface area (Å²) < 4.78 is 0. The summed E-state index contributed by atoms with van der Waals surface area (Å²) in [7, 11) is 0. The number of amides is 2. The van der Waals surface area contributed by atoms with Crippen LogP contribution in [0.2, 0.25) is 0 Å². The Kier molecular flexibility index (Phi) is 4.90. The van der Waals surface area contributed by atoms with Crippen molar-refractivity contribution in [1.82, 2.24) is 10.2 Å². The molecular weight excluding hydrogens is 304 g/mol. The van der Waals surface area contributed by atoms with Crippen molar-refractivity contribution >= 4 is 11.8 Å². The number of piperidine rings is 1. The number of benzene rings is 1. The molecule has 3 rings (SSSR count). The average Bonchev–Trinajstić information content (AvgIpc) is 3.47. The van der Waals surface area contributed by atoms with E-state index in [2.05, 4.69) is 5.32 Å². The number of hydrogen-bond donors (Lipinski definition) is 2. The third-order valence-corrected chi connectivity index (χ3v) is 5.32. The topological polar surface area (TPSA) is 69.6 Å². The molecule has 1 aromatic carbocycles.